The van der Waals surface area contributed by atoms with E-state index in [4.69, 9.17) is 0 Å². The second-order valence-corrected chi connectivity index (χ2v) is 6.70. The van der Waals surface area contributed by atoms with Gasteiger partial charge in [0.25, 0.3) is 0 Å². The van der Waals surface area contributed by atoms with Gasteiger partial charge in [-0.15, -0.1) is 0 Å². The van der Waals surface area contributed by atoms with Crippen molar-refractivity contribution in [2.24, 2.45) is 0 Å². The Kier molecular flexibility index (Phi) is 5.16. The third-order valence-electron chi connectivity index (χ3n) is 4.58. The first-order valence-corrected chi connectivity index (χ1v) is 8.76. The van der Waals surface area contributed by atoms with Crippen LogP contribution in [0.1, 0.15) is 29.7 Å². The lowest BCUT2D eigenvalue weighted by Crippen LogP contribution is -2.34. The molecule has 0 fully saturated rings. The van der Waals surface area contributed by atoms with Crippen LogP contribution in [0, 0.1) is 20.8 Å². The van der Waals surface area contributed by atoms with Gasteiger partial charge in [0.2, 0.25) is 5.91 Å². The molecule has 6 heteroatoms. The first-order valence-electron chi connectivity index (χ1n) is 8.76. The quantitative estimate of drug-likeness (QED) is 0.771. The largest absolute Gasteiger partial charge is 0.365 e. The van der Waals surface area contributed by atoms with Gasteiger partial charge in [0.05, 0.1) is 11.9 Å². The van der Waals surface area contributed by atoms with Gasteiger partial charge in [-0.25, -0.2) is 9.48 Å². The highest BCUT2D eigenvalue weighted by atomic mass is 16.2. The Bertz CT molecular complexity index is 1040. The second kappa shape index (κ2) is 7.53. The summed E-state index contributed by atoms with van der Waals surface area (Å²) in [5, 5.41) is 6.97. The summed E-state index contributed by atoms with van der Waals surface area (Å²) in [7, 11) is 0. The van der Waals surface area contributed by atoms with E-state index in [-0.39, 0.29) is 5.91 Å². The lowest BCUT2D eigenvalue weighted by Gasteiger charge is -2.14. The standard InChI is InChI=1S/C21H22N4O2/c1-13-5-8-17(9-6-13)19-12-22-25(21(27)24-19)16(4)20(26)23-18-10-7-14(2)15(3)11-18/h5-12,16H,1-4H3,(H,23,26). The molecule has 0 saturated carbocycles. The average Bonchev–Trinajstić information content (AvgIpc) is 2.64. The Morgan fingerprint density at radius 2 is 1.74 bits per heavy atom. The number of anilines is 1. The Labute approximate surface area is 157 Å². The summed E-state index contributed by atoms with van der Waals surface area (Å²) in [6.45, 7) is 7.60. The molecule has 0 radical (unpaired) electrons. The molecule has 3 rings (SSSR count). The topological polar surface area (TPSA) is 76.9 Å². The van der Waals surface area contributed by atoms with E-state index in [2.05, 4.69) is 15.4 Å². The Hall–Kier alpha value is -3.28. The molecule has 2 aromatic carbocycles. The van der Waals surface area contributed by atoms with Crippen LogP contribution < -0.4 is 11.0 Å². The SMILES string of the molecule is Cc1ccc(-c2cnn(C(C)C(=O)Nc3ccc(C)c(C)c3)c(=O)n2)cc1. The monoisotopic (exact) mass is 362 g/mol. The molecule has 0 bridgehead atoms. The van der Waals surface area contributed by atoms with Crippen LogP contribution >= 0.6 is 0 Å². The summed E-state index contributed by atoms with van der Waals surface area (Å²) < 4.78 is 1.09. The van der Waals surface area contributed by atoms with Gasteiger partial charge in [0, 0.05) is 11.3 Å². The molecule has 0 aliphatic rings. The highest BCUT2D eigenvalue weighted by Gasteiger charge is 2.18. The van der Waals surface area contributed by atoms with Crippen LogP contribution in [0.3, 0.4) is 0 Å². The van der Waals surface area contributed by atoms with Crippen molar-refractivity contribution < 1.29 is 4.79 Å². The van der Waals surface area contributed by atoms with Crippen LogP contribution in [0.4, 0.5) is 5.69 Å². The number of carbonyl (C=O) groups excluding carboxylic acids is 1. The van der Waals surface area contributed by atoms with Gasteiger partial charge >= 0.3 is 5.69 Å². The molecule has 6 nitrogen and oxygen atoms in total. The molecule has 1 aromatic heterocycles. The van der Waals surface area contributed by atoms with E-state index in [1.54, 1.807) is 6.92 Å². The fraction of sp³-hybridized carbons (Fsp3) is 0.238. The van der Waals surface area contributed by atoms with Gasteiger partial charge < -0.3 is 5.32 Å². The van der Waals surface area contributed by atoms with E-state index in [0.717, 1.165) is 26.9 Å². The molecule has 1 heterocycles. The van der Waals surface area contributed by atoms with Crippen LogP contribution in [0.15, 0.2) is 53.5 Å². The summed E-state index contributed by atoms with van der Waals surface area (Å²) in [5.41, 5.74) is 4.78. The minimum Gasteiger partial charge on any atom is -0.324 e. The molecule has 0 spiro atoms. The molecule has 1 N–H and O–H groups in total. The van der Waals surface area contributed by atoms with E-state index in [9.17, 15) is 9.59 Å². The van der Waals surface area contributed by atoms with Crippen molar-refractivity contribution in [1.29, 1.82) is 0 Å². The maximum Gasteiger partial charge on any atom is 0.365 e. The van der Waals surface area contributed by atoms with Gasteiger partial charge in [-0.2, -0.15) is 10.1 Å². The smallest absolute Gasteiger partial charge is 0.324 e. The van der Waals surface area contributed by atoms with Crippen LogP contribution in [-0.4, -0.2) is 20.7 Å². The van der Waals surface area contributed by atoms with Gasteiger partial charge in [0.15, 0.2) is 0 Å². The third-order valence-corrected chi connectivity index (χ3v) is 4.58. The molecular formula is C21H22N4O2. The number of aromatic nitrogens is 3. The van der Waals surface area contributed by atoms with E-state index in [1.807, 2.05) is 63.2 Å². The molecule has 1 atom stereocenters. The second-order valence-electron chi connectivity index (χ2n) is 6.70. The number of carbonyl (C=O) groups is 1. The first kappa shape index (κ1) is 18.5. The lowest BCUT2D eigenvalue weighted by atomic mass is 10.1. The molecule has 27 heavy (non-hydrogen) atoms. The summed E-state index contributed by atoms with van der Waals surface area (Å²) in [4.78, 5) is 29.0. The first-order chi connectivity index (χ1) is 12.8. The lowest BCUT2D eigenvalue weighted by molar-refractivity contribution is -0.119. The zero-order valence-electron chi connectivity index (χ0n) is 15.9. The van der Waals surface area contributed by atoms with E-state index in [1.165, 1.54) is 6.20 Å². The highest BCUT2D eigenvalue weighted by molar-refractivity contribution is 5.93. The Morgan fingerprint density at radius 1 is 1.04 bits per heavy atom. The van der Waals surface area contributed by atoms with Crippen molar-refractivity contribution in [1.82, 2.24) is 14.8 Å². The van der Waals surface area contributed by atoms with Gasteiger partial charge in [-0.3, -0.25) is 4.79 Å². The molecular weight excluding hydrogens is 340 g/mol. The summed E-state index contributed by atoms with van der Waals surface area (Å²) in [6.07, 6.45) is 1.51. The number of aryl methyl sites for hydroxylation is 3. The van der Waals surface area contributed by atoms with Crippen molar-refractivity contribution in [3.63, 3.8) is 0 Å². The van der Waals surface area contributed by atoms with Crippen molar-refractivity contribution in [3.8, 4) is 11.3 Å². The zero-order valence-corrected chi connectivity index (χ0v) is 15.9. The molecule has 0 aliphatic carbocycles. The predicted molar refractivity (Wildman–Crippen MR) is 106 cm³/mol. The molecule has 1 amide bonds. The number of nitrogens with one attached hydrogen (secondary N) is 1. The molecule has 0 aliphatic heterocycles. The van der Waals surface area contributed by atoms with Crippen molar-refractivity contribution in [2.75, 3.05) is 5.32 Å². The molecule has 0 saturated heterocycles. The minimum absolute atomic E-state index is 0.322. The van der Waals surface area contributed by atoms with E-state index < -0.39 is 11.7 Å². The Morgan fingerprint density at radius 3 is 2.37 bits per heavy atom. The molecule has 138 valence electrons. The van der Waals surface area contributed by atoms with Crippen molar-refractivity contribution in [2.45, 2.75) is 33.7 Å². The average molecular weight is 362 g/mol. The maximum atomic E-state index is 12.5. The number of hydrogen-bond acceptors (Lipinski definition) is 4. The number of rotatable bonds is 4. The third kappa shape index (κ3) is 4.11. The van der Waals surface area contributed by atoms with Crippen LogP contribution in [0.5, 0.6) is 0 Å². The van der Waals surface area contributed by atoms with Crippen LogP contribution in [0.2, 0.25) is 0 Å². The molecule has 3 aromatic rings. The molecule has 1 unspecified atom stereocenters. The number of hydrogen-bond donors (Lipinski definition) is 1. The fourth-order valence-electron chi connectivity index (χ4n) is 2.66. The maximum absolute atomic E-state index is 12.5. The Balaban J connectivity index is 1.80. The van der Waals surface area contributed by atoms with Gasteiger partial charge in [-0.05, 0) is 51.0 Å². The van der Waals surface area contributed by atoms with Crippen LogP contribution in [-0.2, 0) is 4.79 Å². The number of amides is 1. The summed E-state index contributed by atoms with van der Waals surface area (Å²) >= 11 is 0. The van der Waals surface area contributed by atoms with E-state index in [0.29, 0.717) is 11.4 Å². The number of benzene rings is 2. The van der Waals surface area contributed by atoms with Crippen molar-refractivity contribution in [3.05, 3.63) is 75.8 Å². The normalized spacial score (nSPS) is 11.9. The predicted octanol–water partition coefficient (Wildman–Crippen LogP) is 3.43. The number of nitrogens with zero attached hydrogens (tertiary/aromatic N) is 3. The van der Waals surface area contributed by atoms with Crippen LogP contribution in [0.25, 0.3) is 11.3 Å². The van der Waals surface area contributed by atoms with Gasteiger partial charge in [-0.1, -0.05) is 35.9 Å². The van der Waals surface area contributed by atoms with Crippen molar-refractivity contribution >= 4 is 11.6 Å². The van der Waals surface area contributed by atoms with Gasteiger partial charge in [0.1, 0.15) is 6.04 Å². The minimum atomic E-state index is -0.779. The van der Waals surface area contributed by atoms with E-state index >= 15 is 0 Å². The zero-order chi connectivity index (χ0) is 19.6. The fourth-order valence-corrected chi connectivity index (χ4v) is 2.66. The summed E-state index contributed by atoms with van der Waals surface area (Å²) in [5.74, 6) is -0.322. The summed E-state index contributed by atoms with van der Waals surface area (Å²) in [6, 6.07) is 12.6. The highest BCUT2D eigenvalue weighted by Crippen LogP contribution is 2.17.